The Morgan fingerprint density at radius 2 is 1.91 bits per heavy atom. The molecule has 0 spiro atoms. The van der Waals surface area contributed by atoms with Gasteiger partial charge in [-0.1, -0.05) is 36.4 Å². The maximum absolute atomic E-state index is 12.9. The zero-order valence-corrected chi connectivity index (χ0v) is 20.5. The van der Waals surface area contributed by atoms with E-state index >= 15 is 0 Å². The molecule has 4 rings (SSSR count). The Morgan fingerprint density at radius 1 is 1.12 bits per heavy atom. The summed E-state index contributed by atoms with van der Waals surface area (Å²) in [5.41, 5.74) is 5.43. The fourth-order valence-corrected chi connectivity index (χ4v) is 4.79. The minimum atomic E-state index is 0.0222. The molecule has 1 aromatic heterocycles. The molecular weight excluding hydrogens is 428 g/mol. The second-order valence-corrected chi connectivity index (χ2v) is 8.81. The Kier molecular flexibility index (Phi) is 7.53. The number of hydrogen-bond acceptors (Lipinski definition) is 5. The van der Waals surface area contributed by atoms with Gasteiger partial charge in [-0.15, -0.1) is 0 Å². The number of rotatable bonds is 9. The van der Waals surface area contributed by atoms with Crippen LogP contribution >= 0.6 is 0 Å². The summed E-state index contributed by atoms with van der Waals surface area (Å²) < 4.78 is 13.0. The van der Waals surface area contributed by atoms with Crippen molar-refractivity contribution in [2.75, 3.05) is 27.3 Å². The van der Waals surface area contributed by atoms with E-state index in [-0.39, 0.29) is 11.9 Å². The number of nitrogens with one attached hydrogen (secondary N) is 1. The fourth-order valence-electron chi connectivity index (χ4n) is 4.79. The van der Waals surface area contributed by atoms with Crippen molar-refractivity contribution in [1.29, 1.82) is 0 Å². The van der Waals surface area contributed by atoms with E-state index in [4.69, 9.17) is 14.6 Å². The van der Waals surface area contributed by atoms with Crippen LogP contribution in [0.25, 0.3) is 0 Å². The zero-order chi connectivity index (χ0) is 24.1. The number of aryl methyl sites for hydroxylation is 1. The first-order valence-electron chi connectivity index (χ1n) is 11.8. The molecule has 1 saturated heterocycles. The lowest BCUT2D eigenvalue weighted by Crippen LogP contribution is -2.36. The summed E-state index contributed by atoms with van der Waals surface area (Å²) in [6, 6.07) is 16.4. The highest BCUT2D eigenvalue weighted by Crippen LogP contribution is 2.38. The van der Waals surface area contributed by atoms with E-state index < -0.39 is 0 Å². The normalized spacial score (nSPS) is 15.9. The van der Waals surface area contributed by atoms with E-state index in [1.807, 2.05) is 48.0 Å². The van der Waals surface area contributed by atoms with Gasteiger partial charge in [-0.05, 0) is 44.9 Å². The van der Waals surface area contributed by atoms with Gasteiger partial charge in [0.1, 0.15) is 11.5 Å². The first-order chi connectivity index (χ1) is 16.5. The SMILES string of the molecule is COc1ccc(C2CCCN2CC(=O)NCc2c(C)nn(Cc3ccccc3)c2C)c(OC)c1. The highest BCUT2D eigenvalue weighted by molar-refractivity contribution is 5.78. The quantitative estimate of drug-likeness (QED) is 0.520. The summed E-state index contributed by atoms with van der Waals surface area (Å²) in [5.74, 6) is 1.59. The number of ether oxygens (including phenoxy) is 2. The molecule has 7 nitrogen and oxygen atoms in total. The van der Waals surface area contributed by atoms with Crippen molar-refractivity contribution >= 4 is 5.91 Å². The molecule has 1 aliphatic heterocycles. The van der Waals surface area contributed by atoms with Gasteiger partial charge >= 0.3 is 0 Å². The number of nitrogens with zero attached hydrogens (tertiary/aromatic N) is 3. The van der Waals surface area contributed by atoms with Crippen LogP contribution in [0, 0.1) is 13.8 Å². The molecule has 1 unspecified atom stereocenters. The molecule has 180 valence electrons. The maximum Gasteiger partial charge on any atom is 0.234 e. The van der Waals surface area contributed by atoms with Gasteiger partial charge in [0.25, 0.3) is 0 Å². The molecule has 2 heterocycles. The predicted molar refractivity (Wildman–Crippen MR) is 132 cm³/mol. The van der Waals surface area contributed by atoms with Gasteiger partial charge < -0.3 is 14.8 Å². The van der Waals surface area contributed by atoms with Crippen LogP contribution in [-0.4, -0.2) is 47.9 Å². The molecule has 3 aromatic rings. The van der Waals surface area contributed by atoms with E-state index in [0.717, 1.165) is 59.9 Å². The van der Waals surface area contributed by atoms with Gasteiger partial charge in [0.2, 0.25) is 5.91 Å². The van der Waals surface area contributed by atoms with E-state index in [2.05, 4.69) is 29.3 Å². The molecule has 0 aliphatic carbocycles. The molecule has 0 bridgehead atoms. The average molecular weight is 463 g/mol. The molecular formula is C27H34N4O3. The minimum Gasteiger partial charge on any atom is -0.497 e. The number of carbonyl (C=O) groups is 1. The number of aromatic nitrogens is 2. The van der Waals surface area contributed by atoms with Crippen molar-refractivity contribution in [2.45, 2.75) is 45.8 Å². The Labute approximate surface area is 201 Å². The van der Waals surface area contributed by atoms with E-state index in [9.17, 15) is 4.79 Å². The van der Waals surface area contributed by atoms with E-state index in [1.54, 1.807) is 14.2 Å². The topological polar surface area (TPSA) is 68.6 Å². The highest BCUT2D eigenvalue weighted by Gasteiger charge is 2.30. The number of benzene rings is 2. The lowest BCUT2D eigenvalue weighted by atomic mass is 10.0. The first kappa shape index (κ1) is 23.8. The Bertz CT molecular complexity index is 1130. The number of hydrogen-bond donors (Lipinski definition) is 1. The lowest BCUT2D eigenvalue weighted by Gasteiger charge is -2.26. The average Bonchev–Trinajstić information content (AvgIpc) is 3.41. The van der Waals surface area contributed by atoms with E-state index in [0.29, 0.717) is 13.1 Å². The number of amides is 1. The van der Waals surface area contributed by atoms with Crippen LogP contribution in [0.4, 0.5) is 0 Å². The van der Waals surface area contributed by atoms with Crippen molar-refractivity contribution in [3.05, 3.63) is 76.6 Å². The Morgan fingerprint density at radius 3 is 2.65 bits per heavy atom. The van der Waals surface area contributed by atoms with Crippen LogP contribution in [0.3, 0.4) is 0 Å². The Balaban J connectivity index is 1.39. The number of likely N-dealkylation sites (tertiary alicyclic amines) is 1. The van der Waals surface area contributed by atoms with Crippen molar-refractivity contribution in [3.8, 4) is 11.5 Å². The van der Waals surface area contributed by atoms with Crippen LogP contribution in [0.5, 0.6) is 11.5 Å². The molecule has 1 amide bonds. The molecule has 1 N–H and O–H groups in total. The monoisotopic (exact) mass is 462 g/mol. The van der Waals surface area contributed by atoms with Crippen LogP contribution in [0.2, 0.25) is 0 Å². The highest BCUT2D eigenvalue weighted by atomic mass is 16.5. The van der Waals surface area contributed by atoms with Crippen LogP contribution in [-0.2, 0) is 17.9 Å². The summed E-state index contributed by atoms with van der Waals surface area (Å²) in [5, 5.41) is 7.82. The third-order valence-electron chi connectivity index (χ3n) is 6.68. The van der Waals surface area contributed by atoms with Gasteiger partial charge in [-0.3, -0.25) is 14.4 Å². The molecule has 1 aliphatic rings. The second kappa shape index (κ2) is 10.7. The van der Waals surface area contributed by atoms with E-state index in [1.165, 1.54) is 5.56 Å². The summed E-state index contributed by atoms with van der Waals surface area (Å²) in [6.07, 6.45) is 2.05. The van der Waals surface area contributed by atoms with Crippen molar-refractivity contribution in [2.24, 2.45) is 0 Å². The zero-order valence-electron chi connectivity index (χ0n) is 20.5. The molecule has 34 heavy (non-hydrogen) atoms. The molecule has 0 saturated carbocycles. The standard InChI is InChI=1S/C27H34N4O3/c1-19-24(20(2)31(29-19)17-21-9-6-5-7-10-21)16-28-27(32)18-30-14-8-11-25(30)23-13-12-22(33-3)15-26(23)34-4/h5-7,9-10,12-13,15,25H,8,11,14,16-18H2,1-4H3,(H,28,32). The minimum absolute atomic E-state index is 0.0222. The molecule has 7 heteroatoms. The molecule has 0 radical (unpaired) electrons. The smallest absolute Gasteiger partial charge is 0.234 e. The van der Waals surface area contributed by atoms with Crippen LogP contribution < -0.4 is 14.8 Å². The predicted octanol–water partition coefficient (Wildman–Crippen LogP) is 4.02. The molecule has 1 fully saturated rings. The summed E-state index contributed by atoms with van der Waals surface area (Å²) in [6.45, 7) is 6.52. The van der Waals surface area contributed by atoms with Gasteiger partial charge in [-0.2, -0.15) is 5.10 Å². The van der Waals surface area contributed by atoms with Gasteiger partial charge in [-0.25, -0.2) is 0 Å². The molecule has 2 aromatic carbocycles. The van der Waals surface area contributed by atoms with Crippen molar-refractivity contribution < 1.29 is 14.3 Å². The number of carbonyl (C=O) groups excluding carboxylic acids is 1. The third kappa shape index (κ3) is 5.25. The van der Waals surface area contributed by atoms with Gasteiger partial charge in [0, 0.05) is 35.5 Å². The third-order valence-corrected chi connectivity index (χ3v) is 6.68. The lowest BCUT2D eigenvalue weighted by molar-refractivity contribution is -0.122. The summed E-state index contributed by atoms with van der Waals surface area (Å²) >= 11 is 0. The fraction of sp³-hybridized carbons (Fsp3) is 0.407. The van der Waals surface area contributed by atoms with Gasteiger partial charge in [0.15, 0.2) is 0 Å². The molecule has 1 atom stereocenters. The van der Waals surface area contributed by atoms with Crippen LogP contribution in [0.1, 0.15) is 47.0 Å². The van der Waals surface area contributed by atoms with Gasteiger partial charge in [0.05, 0.1) is 33.0 Å². The first-order valence-corrected chi connectivity index (χ1v) is 11.8. The van der Waals surface area contributed by atoms with Crippen LogP contribution in [0.15, 0.2) is 48.5 Å². The van der Waals surface area contributed by atoms with Crippen molar-refractivity contribution in [3.63, 3.8) is 0 Å². The Hall–Kier alpha value is -3.32. The van der Waals surface area contributed by atoms with Crippen molar-refractivity contribution in [1.82, 2.24) is 20.0 Å². The maximum atomic E-state index is 12.9. The summed E-state index contributed by atoms with van der Waals surface area (Å²) in [4.78, 5) is 15.1. The second-order valence-electron chi connectivity index (χ2n) is 8.81. The number of methoxy groups -OCH3 is 2. The largest absolute Gasteiger partial charge is 0.497 e. The summed E-state index contributed by atoms with van der Waals surface area (Å²) in [7, 11) is 3.32.